The molecule has 0 bridgehead atoms. The van der Waals surface area contributed by atoms with Crippen LogP contribution in [0.2, 0.25) is 5.02 Å². The fourth-order valence-corrected chi connectivity index (χ4v) is 1.70. The summed E-state index contributed by atoms with van der Waals surface area (Å²) in [5, 5.41) is 3.91. The Bertz CT molecular complexity index is 431. The average molecular weight is 195 g/mol. The van der Waals surface area contributed by atoms with Crippen molar-refractivity contribution in [3.8, 4) is 0 Å². The minimum Gasteiger partial charge on any atom is -0.319 e. The second kappa shape index (κ2) is 2.96. The highest BCUT2D eigenvalue weighted by molar-refractivity contribution is 6.35. The normalized spacial score (nSPS) is 10.7. The molecule has 1 aromatic heterocycles. The van der Waals surface area contributed by atoms with Crippen molar-refractivity contribution >= 4 is 22.5 Å². The van der Waals surface area contributed by atoms with E-state index >= 15 is 0 Å². The van der Waals surface area contributed by atoms with Gasteiger partial charge in [-0.3, -0.25) is 4.68 Å². The molecule has 0 fully saturated rings. The Balaban J connectivity index is 2.75. The molecule has 0 aliphatic carbocycles. The molecule has 0 amide bonds. The number of halogens is 1. The van der Waals surface area contributed by atoms with E-state index in [0.29, 0.717) is 0 Å². The predicted molar refractivity (Wildman–Crippen MR) is 57.0 cm³/mol. The third kappa shape index (κ3) is 1.27. The molecule has 2 rings (SSSR count). The Morgan fingerprint density at radius 2 is 2.00 bits per heavy atom. The highest BCUT2D eigenvalue weighted by Gasteiger charge is 2.03. The summed E-state index contributed by atoms with van der Waals surface area (Å²) in [5.41, 5.74) is 1.14. The predicted octanol–water partition coefficient (Wildman–Crippen LogP) is 2.49. The highest BCUT2D eigenvalue weighted by atomic mass is 35.5. The molecule has 0 aliphatic rings. The zero-order valence-electron chi connectivity index (χ0n) is 7.66. The lowest BCUT2D eigenvalue weighted by molar-refractivity contribution is 0.762. The maximum atomic E-state index is 6.04. The lowest BCUT2D eigenvalue weighted by atomic mass is 10.2. The quantitative estimate of drug-likeness (QED) is 0.677. The Labute approximate surface area is 82.3 Å². The van der Waals surface area contributed by atoms with Gasteiger partial charge >= 0.3 is 0 Å². The van der Waals surface area contributed by atoms with Crippen molar-refractivity contribution in [2.24, 2.45) is 0 Å². The van der Waals surface area contributed by atoms with Crippen molar-refractivity contribution in [2.75, 3.05) is 19.1 Å². The van der Waals surface area contributed by atoms with Crippen molar-refractivity contribution < 1.29 is 0 Å². The van der Waals surface area contributed by atoms with Crippen LogP contribution in [0, 0.1) is 0 Å². The van der Waals surface area contributed by atoms with Gasteiger partial charge in [-0.1, -0.05) is 17.7 Å². The number of hydrogen-bond donors (Lipinski definition) is 0. The number of nitrogens with zero attached hydrogens (tertiary/aromatic N) is 2. The van der Waals surface area contributed by atoms with E-state index < -0.39 is 0 Å². The molecule has 2 aromatic rings. The van der Waals surface area contributed by atoms with Crippen molar-refractivity contribution in [2.45, 2.75) is 0 Å². The average Bonchev–Trinajstić information content (AvgIpc) is 2.48. The van der Waals surface area contributed by atoms with Crippen LogP contribution in [-0.4, -0.2) is 18.8 Å². The van der Waals surface area contributed by atoms with Crippen molar-refractivity contribution in [1.29, 1.82) is 0 Å². The molecular formula is C10H11ClN2. The van der Waals surface area contributed by atoms with E-state index in [2.05, 4.69) is 10.7 Å². The molecule has 0 atom stereocenters. The molecule has 2 nitrogen and oxygen atoms in total. The number of rotatable bonds is 1. The molecule has 0 unspecified atom stereocenters. The SMILES string of the molecule is CN(C)n1ccc2c(Cl)cccc21. The summed E-state index contributed by atoms with van der Waals surface area (Å²) in [6.45, 7) is 0. The van der Waals surface area contributed by atoms with Crippen molar-refractivity contribution in [1.82, 2.24) is 4.68 Å². The number of aromatic nitrogens is 1. The van der Waals surface area contributed by atoms with Gasteiger partial charge in [0.2, 0.25) is 0 Å². The van der Waals surface area contributed by atoms with Gasteiger partial charge < -0.3 is 5.01 Å². The van der Waals surface area contributed by atoms with Crippen molar-refractivity contribution in [3.63, 3.8) is 0 Å². The lowest BCUT2D eigenvalue weighted by Gasteiger charge is -2.15. The van der Waals surface area contributed by atoms with Crippen LogP contribution in [0.5, 0.6) is 0 Å². The first-order valence-electron chi connectivity index (χ1n) is 4.13. The Hall–Kier alpha value is -1.15. The van der Waals surface area contributed by atoms with Crippen molar-refractivity contribution in [3.05, 3.63) is 35.5 Å². The zero-order valence-corrected chi connectivity index (χ0v) is 8.42. The van der Waals surface area contributed by atoms with Gasteiger partial charge in [-0.25, -0.2) is 0 Å². The molecule has 13 heavy (non-hydrogen) atoms. The fraction of sp³-hybridized carbons (Fsp3) is 0.200. The monoisotopic (exact) mass is 194 g/mol. The first kappa shape index (κ1) is 8.45. The van der Waals surface area contributed by atoms with E-state index in [1.165, 1.54) is 0 Å². The summed E-state index contributed by atoms with van der Waals surface area (Å²) in [4.78, 5) is 0. The van der Waals surface area contributed by atoms with Gasteiger partial charge in [-0.15, -0.1) is 0 Å². The molecule has 0 radical (unpaired) electrons. The zero-order chi connectivity index (χ0) is 9.42. The van der Waals surface area contributed by atoms with E-state index in [4.69, 9.17) is 11.6 Å². The summed E-state index contributed by atoms with van der Waals surface area (Å²) < 4.78 is 2.06. The van der Waals surface area contributed by atoms with Crippen LogP contribution in [0.25, 0.3) is 10.9 Å². The molecule has 68 valence electrons. The number of benzene rings is 1. The molecular weight excluding hydrogens is 184 g/mol. The maximum Gasteiger partial charge on any atom is 0.0709 e. The van der Waals surface area contributed by atoms with Gasteiger partial charge in [-0.05, 0) is 18.2 Å². The number of hydrogen-bond acceptors (Lipinski definition) is 1. The summed E-state index contributed by atoms with van der Waals surface area (Å²) >= 11 is 6.04. The maximum absolute atomic E-state index is 6.04. The first-order valence-corrected chi connectivity index (χ1v) is 4.51. The van der Waals surface area contributed by atoms with Crippen LogP contribution < -0.4 is 5.01 Å². The Kier molecular flexibility index (Phi) is 1.93. The van der Waals surface area contributed by atoms with Gasteiger partial charge in [0.25, 0.3) is 0 Å². The second-order valence-electron chi connectivity index (χ2n) is 3.18. The third-order valence-electron chi connectivity index (χ3n) is 2.09. The number of fused-ring (bicyclic) bond motifs is 1. The molecule has 0 N–H and O–H groups in total. The molecule has 1 aromatic carbocycles. The van der Waals surface area contributed by atoms with Gasteiger partial charge in [0.15, 0.2) is 0 Å². The third-order valence-corrected chi connectivity index (χ3v) is 2.42. The van der Waals surface area contributed by atoms with E-state index in [9.17, 15) is 0 Å². The molecule has 3 heteroatoms. The van der Waals surface area contributed by atoms with E-state index in [1.54, 1.807) is 0 Å². The van der Waals surface area contributed by atoms with Crippen LogP contribution in [0.4, 0.5) is 0 Å². The van der Waals surface area contributed by atoms with Gasteiger partial charge in [0, 0.05) is 25.7 Å². The Morgan fingerprint density at radius 1 is 1.23 bits per heavy atom. The minimum atomic E-state index is 0.804. The lowest BCUT2D eigenvalue weighted by Crippen LogP contribution is -2.23. The second-order valence-corrected chi connectivity index (χ2v) is 3.59. The summed E-state index contributed by atoms with van der Waals surface area (Å²) in [6, 6.07) is 7.95. The molecule has 0 spiro atoms. The van der Waals surface area contributed by atoms with E-state index in [-0.39, 0.29) is 0 Å². The van der Waals surface area contributed by atoms with Gasteiger partial charge in [-0.2, -0.15) is 0 Å². The van der Waals surface area contributed by atoms with Crippen LogP contribution in [0.1, 0.15) is 0 Å². The van der Waals surface area contributed by atoms with Gasteiger partial charge in [0.05, 0.1) is 10.5 Å². The minimum absolute atomic E-state index is 0.804. The first-order chi connectivity index (χ1) is 6.20. The molecule has 0 aliphatic heterocycles. The summed E-state index contributed by atoms with van der Waals surface area (Å²) in [6.07, 6.45) is 2.01. The molecule has 0 saturated heterocycles. The van der Waals surface area contributed by atoms with Crippen LogP contribution in [0.15, 0.2) is 30.5 Å². The van der Waals surface area contributed by atoms with Crippen LogP contribution in [-0.2, 0) is 0 Å². The van der Waals surface area contributed by atoms with Gasteiger partial charge in [0.1, 0.15) is 0 Å². The van der Waals surface area contributed by atoms with Crippen LogP contribution in [0.3, 0.4) is 0 Å². The van der Waals surface area contributed by atoms with E-state index in [1.807, 2.05) is 43.5 Å². The summed E-state index contributed by atoms with van der Waals surface area (Å²) in [5.74, 6) is 0. The van der Waals surface area contributed by atoms with Crippen LogP contribution >= 0.6 is 11.6 Å². The smallest absolute Gasteiger partial charge is 0.0709 e. The topological polar surface area (TPSA) is 8.17 Å². The Morgan fingerprint density at radius 3 is 2.69 bits per heavy atom. The van der Waals surface area contributed by atoms with E-state index in [0.717, 1.165) is 15.9 Å². The highest BCUT2D eigenvalue weighted by Crippen LogP contribution is 2.23. The standard InChI is InChI=1S/C10H11ClN2/c1-12(2)13-7-6-8-9(11)4-3-5-10(8)13/h3-7H,1-2H3. The fourth-order valence-electron chi connectivity index (χ4n) is 1.46. The largest absolute Gasteiger partial charge is 0.319 e. The molecule has 1 heterocycles. The summed E-state index contributed by atoms with van der Waals surface area (Å²) in [7, 11) is 4.00. The molecule has 0 saturated carbocycles.